The molecule has 1 fully saturated rings. The Bertz CT molecular complexity index is 212. The Kier molecular flexibility index (Phi) is 5.60. The Morgan fingerprint density at radius 3 is 2.56 bits per heavy atom. The highest BCUT2D eigenvalue weighted by molar-refractivity contribution is 5.74. The Labute approximate surface area is 98.8 Å². The van der Waals surface area contributed by atoms with Gasteiger partial charge in [-0.25, -0.2) is 4.79 Å². The number of nitrogens with zero attached hydrogens (tertiary/aromatic N) is 1. The molecule has 2 amide bonds. The van der Waals surface area contributed by atoms with E-state index in [9.17, 15) is 4.79 Å². The summed E-state index contributed by atoms with van der Waals surface area (Å²) < 4.78 is 0. The summed E-state index contributed by atoms with van der Waals surface area (Å²) >= 11 is 0. The van der Waals surface area contributed by atoms with Gasteiger partial charge in [-0.05, 0) is 38.3 Å². The first kappa shape index (κ1) is 13.3. The molecule has 0 aromatic carbocycles. The fourth-order valence-electron chi connectivity index (χ4n) is 2.01. The average Bonchev–Trinajstić information content (AvgIpc) is 2.27. The first-order valence-electron chi connectivity index (χ1n) is 6.30. The summed E-state index contributed by atoms with van der Waals surface area (Å²) in [5, 5.41) is 6.11. The van der Waals surface area contributed by atoms with E-state index in [2.05, 4.69) is 24.5 Å². The number of carbonyl (C=O) groups is 1. The molecule has 4 nitrogen and oxygen atoms in total. The van der Waals surface area contributed by atoms with Crippen LogP contribution < -0.4 is 10.6 Å². The largest absolute Gasteiger partial charge is 0.338 e. The lowest BCUT2D eigenvalue weighted by Gasteiger charge is -2.30. The minimum Gasteiger partial charge on any atom is -0.338 e. The van der Waals surface area contributed by atoms with Crippen LogP contribution in [0.5, 0.6) is 0 Å². The van der Waals surface area contributed by atoms with Crippen LogP contribution in [0.3, 0.4) is 0 Å². The lowest BCUT2D eigenvalue weighted by molar-refractivity contribution is 0.172. The van der Waals surface area contributed by atoms with Gasteiger partial charge in [0.05, 0.1) is 0 Å². The molecule has 2 N–H and O–H groups in total. The van der Waals surface area contributed by atoms with Crippen molar-refractivity contribution in [1.82, 2.24) is 15.5 Å². The molecular weight excluding hydrogens is 202 g/mol. The zero-order valence-corrected chi connectivity index (χ0v) is 10.8. The normalized spacial score (nSPS) is 19.6. The summed E-state index contributed by atoms with van der Waals surface area (Å²) in [6.45, 7) is 7.91. The van der Waals surface area contributed by atoms with Crippen molar-refractivity contribution in [3.8, 4) is 0 Å². The zero-order valence-electron chi connectivity index (χ0n) is 10.8. The predicted molar refractivity (Wildman–Crippen MR) is 66.5 cm³/mol. The van der Waals surface area contributed by atoms with Gasteiger partial charge in [-0.15, -0.1) is 0 Å². The number of hydrogen-bond acceptors (Lipinski definition) is 2. The van der Waals surface area contributed by atoms with Gasteiger partial charge in [-0.1, -0.05) is 13.8 Å². The average molecular weight is 227 g/mol. The van der Waals surface area contributed by atoms with Gasteiger partial charge >= 0.3 is 6.03 Å². The molecule has 1 aliphatic rings. The molecule has 1 atom stereocenters. The smallest absolute Gasteiger partial charge is 0.317 e. The highest BCUT2D eigenvalue weighted by atomic mass is 16.2. The second-order valence-electron chi connectivity index (χ2n) is 5.02. The van der Waals surface area contributed by atoms with Crippen molar-refractivity contribution >= 4 is 6.03 Å². The van der Waals surface area contributed by atoms with Gasteiger partial charge in [-0.2, -0.15) is 0 Å². The zero-order chi connectivity index (χ0) is 12.0. The summed E-state index contributed by atoms with van der Waals surface area (Å²) in [7, 11) is 1.93. The molecule has 0 aliphatic carbocycles. The molecule has 0 radical (unpaired) electrons. The lowest BCUT2D eigenvalue weighted by atomic mass is 10.00. The van der Waals surface area contributed by atoms with Gasteiger partial charge in [0.25, 0.3) is 0 Å². The van der Waals surface area contributed by atoms with Gasteiger partial charge in [-0.3, -0.25) is 0 Å². The van der Waals surface area contributed by atoms with Crippen LogP contribution in [0.15, 0.2) is 0 Å². The first-order valence-corrected chi connectivity index (χ1v) is 6.30. The number of carbonyl (C=O) groups excluding carboxylic acids is 1. The Balaban J connectivity index is 2.19. The summed E-state index contributed by atoms with van der Waals surface area (Å²) in [4.78, 5) is 13.7. The second-order valence-corrected chi connectivity index (χ2v) is 5.02. The topological polar surface area (TPSA) is 44.4 Å². The fraction of sp³-hybridized carbons (Fsp3) is 0.917. The maximum atomic E-state index is 11.8. The van der Waals surface area contributed by atoms with Crippen molar-refractivity contribution < 1.29 is 4.79 Å². The van der Waals surface area contributed by atoms with E-state index < -0.39 is 0 Å². The number of likely N-dealkylation sites (tertiary alicyclic amines) is 1. The van der Waals surface area contributed by atoms with Crippen molar-refractivity contribution in [1.29, 1.82) is 0 Å². The number of rotatable bonds is 4. The number of amides is 2. The van der Waals surface area contributed by atoms with Crippen LogP contribution in [-0.2, 0) is 0 Å². The molecule has 0 saturated carbocycles. The van der Waals surface area contributed by atoms with Crippen LogP contribution >= 0.6 is 0 Å². The van der Waals surface area contributed by atoms with Gasteiger partial charge in [0.2, 0.25) is 0 Å². The van der Waals surface area contributed by atoms with E-state index in [1.54, 1.807) is 0 Å². The third-order valence-corrected chi connectivity index (χ3v) is 3.23. The maximum Gasteiger partial charge on any atom is 0.317 e. The van der Waals surface area contributed by atoms with Crippen LogP contribution in [0.25, 0.3) is 0 Å². The fourth-order valence-corrected chi connectivity index (χ4v) is 2.01. The maximum absolute atomic E-state index is 11.8. The molecule has 0 aromatic rings. The third kappa shape index (κ3) is 4.39. The molecule has 4 heteroatoms. The van der Waals surface area contributed by atoms with E-state index in [1.165, 1.54) is 0 Å². The van der Waals surface area contributed by atoms with E-state index in [4.69, 9.17) is 0 Å². The monoisotopic (exact) mass is 227 g/mol. The van der Waals surface area contributed by atoms with Gasteiger partial charge in [0.1, 0.15) is 0 Å². The minimum atomic E-state index is 0.106. The van der Waals surface area contributed by atoms with Crippen LogP contribution in [0.4, 0.5) is 4.79 Å². The molecular formula is C12H25N3O. The number of urea groups is 1. The molecule has 1 rings (SSSR count). The van der Waals surface area contributed by atoms with Gasteiger partial charge in [0, 0.05) is 19.6 Å². The summed E-state index contributed by atoms with van der Waals surface area (Å²) in [5.41, 5.74) is 0. The molecule has 0 bridgehead atoms. The quantitative estimate of drug-likeness (QED) is 0.760. The second kappa shape index (κ2) is 6.74. The van der Waals surface area contributed by atoms with Crippen molar-refractivity contribution in [2.24, 2.45) is 11.8 Å². The first-order chi connectivity index (χ1) is 7.63. The molecule has 1 heterocycles. The number of piperidine rings is 1. The van der Waals surface area contributed by atoms with Crippen LogP contribution in [0, 0.1) is 11.8 Å². The Morgan fingerprint density at radius 2 is 2.00 bits per heavy atom. The minimum absolute atomic E-state index is 0.106. The summed E-state index contributed by atoms with van der Waals surface area (Å²) in [6.07, 6.45) is 2.28. The van der Waals surface area contributed by atoms with E-state index >= 15 is 0 Å². The lowest BCUT2D eigenvalue weighted by Crippen LogP contribution is -2.45. The van der Waals surface area contributed by atoms with Crippen molar-refractivity contribution in [2.75, 3.05) is 33.2 Å². The summed E-state index contributed by atoms with van der Waals surface area (Å²) in [5.74, 6) is 1.25. The molecule has 0 spiro atoms. The van der Waals surface area contributed by atoms with E-state index in [-0.39, 0.29) is 6.03 Å². The van der Waals surface area contributed by atoms with Crippen molar-refractivity contribution in [3.63, 3.8) is 0 Å². The van der Waals surface area contributed by atoms with Crippen molar-refractivity contribution in [3.05, 3.63) is 0 Å². The number of nitrogens with one attached hydrogen (secondary N) is 2. The molecule has 1 aliphatic heterocycles. The Hall–Kier alpha value is -0.770. The molecule has 1 saturated heterocycles. The van der Waals surface area contributed by atoms with E-state index in [0.29, 0.717) is 5.92 Å². The highest BCUT2D eigenvalue weighted by Crippen LogP contribution is 2.15. The van der Waals surface area contributed by atoms with Crippen LogP contribution in [0.1, 0.15) is 26.7 Å². The van der Waals surface area contributed by atoms with Gasteiger partial charge in [0.15, 0.2) is 0 Å². The van der Waals surface area contributed by atoms with E-state index in [1.807, 2.05) is 11.9 Å². The Morgan fingerprint density at radius 1 is 1.38 bits per heavy atom. The molecule has 16 heavy (non-hydrogen) atoms. The summed E-state index contributed by atoms with van der Waals surface area (Å²) in [6, 6.07) is 0.106. The number of hydrogen-bond donors (Lipinski definition) is 2. The van der Waals surface area contributed by atoms with Crippen LogP contribution in [0.2, 0.25) is 0 Å². The molecule has 94 valence electrons. The molecule has 0 aromatic heterocycles. The van der Waals surface area contributed by atoms with Crippen LogP contribution in [-0.4, -0.2) is 44.2 Å². The van der Waals surface area contributed by atoms with E-state index in [0.717, 1.165) is 44.9 Å². The molecule has 1 unspecified atom stereocenters. The van der Waals surface area contributed by atoms with Crippen molar-refractivity contribution in [2.45, 2.75) is 26.7 Å². The standard InChI is InChI=1S/C12H25N3O/c1-10-4-6-15(7-5-10)12(16)14-9-11(2)8-13-3/h10-11,13H,4-9H2,1-3H3,(H,14,16). The highest BCUT2D eigenvalue weighted by Gasteiger charge is 2.19. The van der Waals surface area contributed by atoms with Gasteiger partial charge < -0.3 is 15.5 Å². The SMILES string of the molecule is CNCC(C)CNC(=O)N1CCC(C)CC1. The third-order valence-electron chi connectivity index (χ3n) is 3.23. The predicted octanol–water partition coefficient (Wildman–Crippen LogP) is 1.28.